The fourth-order valence-corrected chi connectivity index (χ4v) is 3.07. The van der Waals surface area contributed by atoms with Crippen molar-refractivity contribution in [3.05, 3.63) is 57.0 Å². The van der Waals surface area contributed by atoms with Crippen LogP contribution in [0.5, 0.6) is 5.75 Å². The molecule has 0 atom stereocenters. The molecule has 2 aromatic rings. The van der Waals surface area contributed by atoms with Crippen molar-refractivity contribution in [3.63, 3.8) is 0 Å². The van der Waals surface area contributed by atoms with Crippen LogP contribution in [-0.2, 0) is 4.79 Å². The van der Waals surface area contributed by atoms with Gasteiger partial charge < -0.3 is 9.84 Å². The Hall–Kier alpha value is -1.86. The lowest BCUT2D eigenvalue weighted by molar-refractivity contribution is -0.139. The Bertz CT molecular complexity index is 667. The highest BCUT2D eigenvalue weighted by Gasteiger charge is 2.10. The van der Waals surface area contributed by atoms with Crippen LogP contribution in [0.3, 0.4) is 0 Å². The molecule has 0 saturated heterocycles. The van der Waals surface area contributed by atoms with Gasteiger partial charge in [0.15, 0.2) is 6.61 Å². The molecule has 0 aliphatic rings. The molecule has 2 aromatic carbocycles. The predicted octanol–water partition coefficient (Wildman–Crippen LogP) is 4.12. The first-order chi connectivity index (χ1) is 10.6. The monoisotopic (exact) mass is 426 g/mol. The van der Waals surface area contributed by atoms with Crippen molar-refractivity contribution in [2.45, 2.75) is 0 Å². The van der Waals surface area contributed by atoms with Crippen LogP contribution in [0.1, 0.15) is 5.56 Å². The molecule has 0 spiro atoms. The number of nitrogens with one attached hydrogen (secondary N) is 1. The van der Waals surface area contributed by atoms with Crippen LogP contribution in [-0.4, -0.2) is 23.9 Å². The van der Waals surface area contributed by atoms with E-state index in [-0.39, 0.29) is 0 Å². The van der Waals surface area contributed by atoms with Gasteiger partial charge in [0.25, 0.3) is 0 Å². The molecular weight excluding hydrogens is 416 g/mol. The summed E-state index contributed by atoms with van der Waals surface area (Å²) in [7, 11) is 0. The summed E-state index contributed by atoms with van der Waals surface area (Å²) in [6, 6.07) is 13.2. The zero-order valence-electron chi connectivity index (χ0n) is 11.3. The van der Waals surface area contributed by atoms with Gasteiger partial charge in [0, 0.05) is 0 Å². The maximum Gasteiger partial charge on any atom is 0.341 e. The number of nitrogens with zero attached hydrogens (tertiary/aromatic N) is 1. The van der Waals surface area contributed by atoms with Crippen molar-refractivity contribution in [1.29, 1.82) is 0 Å². The summed E-state index contributed by atoms with van der Waals surface area (Å²) < 4.78 is 6.49. The number of aliphatic carboxylic acids is 1. The van der Waals surface area contributed by atoms with E-state index in [1.807, 2.05) is 30.3 Å². The summed E-state index contributed by atoms with van der Waals surface area (Å²) >= 11 is 6.71. The van der Waals surface area contributed by atoms with Gasteiger partial charge in [-0.05, 0) is 61.7 Å². The number of rotatable bonds is 6. The average Bonchev–Trinajstić information content (AvgIpc) is 2.47. The maximum absolute atomic E-state index is 10.6. The van der Waals surface area contributed by atoms with E-state index >= 15 is 0 Å². The van der Waals surface area contributed by atoms with Crippen molar-refractivity contribution in [1.82, 2.24) is 0 Å². The molecule has 0 bridgehead atoms. The van der Waals surface area contributed by atoms with Gasteiger partial charge in [0.2, 0.25) is 0 Å². The number of para-hydroxylation sites is 1. The number of halogens is 2. The third-order valence-corrected chi connectivity index (χ3v) is 3.72. The van der Waals surface area contributed by atoms with Crippen LogP contribution >= 0.6 is 31.9 Å². The molecule has 0 amide bonds. The summed E-state index contributed by atoms with van der Waals surface area (Å²) in [4.78, 5) is 10.6. The summed E-state index contributed by atoms with van der Waals surface area (Å²) in [5, 5.41) is 12.8. The fraction of sp³-hybridized carbons (Fsp3) is 0.0667. The lowest BCUT2D eigenvalue weighted by atomic mass is 10.2. The van der Waals surface area contributed by atoms with Crippen molar-refractivity contribution >= 4 is 49.7 Å². The third kappa shape index (κ3) is 4.85. The molecule has 7 heteroatoms. The summed E-state index contributed by atoms with van der Waals surface area (Å²) in [5.41, 5.74) is 4.63. The first-order valence-corrected chi connectivity index (χ1v) is 7.82. The Morgan fingerprint density at radius 1 is 1.23 bits per heavy atom. The molecule has 114 valence electrons. The van der Waals surface area contributed by atoms with Gasteiger partial charge in [0.05, 0.1) is 20.8 Å². The van der Waals surface area contributed by atoms with Crippen LogP contribution in [0.15, 0.2) is 56.5 Å². The van der Waals surface area contributed by atoms with E-state index in [4.69, 9.17) is 9.84 Å². The first-order valence-electron chi connectivity index (χ1n) is 6.24. The van der Waals surface area contributed by atoms with Crippen molar-refractivity contribution in [2.75, 3.05) is 12.0 Å². The zero-order valence-corrected chi connectivity index (χ0v) is 14.5. The second kappa shape index (κ2) is 7.95. The van der Waals surface area contributed by atoms with Crippen molar-refractivity contribution < 1.29 is 14.6 Å². The normalized spacial score (nSPS) is 10.6. The minimum Gasteiger partial charge on any atom is -0.480 e. The summed E-state index contributed by atoms with van der Waals surface area (Å²) in [6.07, 6.45) is 1.66. The van der Waals surface area contributed by atoms with E-state index in [1.165, 1.54) is 0 Å². The standard InChI is InChI=1S/C15H12Br2N2O3/c16-12-6-10(7-13(17)15(12)22-9-14(20)21)8-18-19-11-4-2-1-3-5-11/h1-8,19H,9H2,(H,20,21). The molecular formula is C15H12Br2N2O3. The topological polar surface area (TPSA) is 70.9 Å². The number of carboxylic acid groups (broad SMARTS) is 1. The number of hydrogen-bond acceptors (Lipinski definition) is 4. The number of ether oxygens (including phenoxy) is 1. The number of benzene rings is 2. The van der Waals surface area contributed by atoms with Crippen LogP contribution < -0.4 is 10.2 Å². The highest BCUT2D eigenvalue weighted by atomic mass is 79.9. The van der Waals surface area contributed by atoms with E-state index < -0.39 is 12.6 Å². The molecule has 0 aromatic heterocycles. The minimum absolute atomic E-state index is 0.403. The Kier molecular flexibility index (Phi) is 5.97. The second-order valence-corrected chi connectivity index (χ2v) is 5.94. The average molecular weight is 428 g/mol. The van der Waals surface area contributed by atoms with E-state index in [9.17, 15) is 4.79 Å². The fourth-order valence-electron chi connectivity index (χ4n) is 1.62. The molecule has 2 N–H and O–H groups in total. The zero-order chi connectivity index (χ0) is 15.9. The highest BCUT2D eigenvalue weighted by Crippen LogP contribution is 2.34. The van der Waals surface area contributed by atoms with Crippen molar-refractivity contribution in [2.24, 2.45) is 5.10 Å². The Labute approximate surface area is 144 Å². The Morgan fingerprint density at radius 2 is 1.86 bits per heavy atom. The first kappa shape index (κ1) is 16.5. The second-order valence-electron chi connectivity index (χ2n) is 4.23. The number of carboxylic acids is 1. The van der Waals surface area contributed by atoms with E-state index in [0.29, 0.717) is 14.7 Å². The molecule has 22 heavy (non-hydrogen) atoms. The van der Waals surface area contributed by atoms with Crippen LogP contribution in [0.2, 0.25) is 0 Å². The molecule has 0 fully saturated rings. The van der Waals surface area contributed by atoms with Gasteiger partial charge in [-0.2, -0.15) is 5.10 Å². The lowest BCUT2D eigenvalue weighted by Gasteiger charge is -2.09. The summed E-state index contributed by atoms with van der Waals surface area (Å²) in [5.74, 6) is -0.591. The molecule has 5 nitrogen and oxygen atoms in total. The van der Waals surface area contributed by atoms with Gasteiger partial charge >= 0.3 is 5.97 Å². The van der Waals surface area contributed by atoms with E-state index in [1.54, 1.807) is 18.3 Å². The number of anilines is 1. The molecule has 2 rings (SSSR count). The Morgan fingerprint density at radius 3 is 2.45 bits per heavy atom. The lowest BCUT2D eigenvalue weighted by Crippen LogP contribution is -2.10. The van der Waals surface area contributed by atoms with Gasteiger partial charge in [-0.3, -0.25) is 5.43 Å². The largest absolute Gasteiger partial charge is 0.480 e. The van der Waals surface area contributed by atoms with Crippen LogP contribution in [0.4, 0.5) is 5.69 Å². The van der Waals surface area contributed by atoms with E-state index in [0.717, 1.165) is 11.3 Å². The van der Waals surface area contributed by atoms with Crippen molar-refractivity contribution in [3.8, 4) is 5.75 Å². The van der Waals surface area contributed by atoms with Crippen LogP contribution in [0, 0.1) is 0 Å². The van der Waals surface area contributed by atoms with Gasteiger partial charge in [0.1, 0.15) is 5.75 Å². The smallest absolute Gasteiger partial charge is 0.341 e. The number of carbonyl (C=O) groups is 1. The quantitative estimate of drug-likeness (QED) is 0.537. The third-order valence-electron chi connectivity index (χ3n) is 2.54. The Balaban J connectivity index is 2.07. The van der Waals surface area contributed by atoms with Gasteiger partial charge in [-0.15, -0.1) is 0 Å². The van der Waals surface area contributed by atoms with Crippen LogP contribution in [0.25, 0.3) is 0 Å². The molecule has 0 aliphatic heterocycles. The molecule has 0 heterocycles. The molecule has 0 unspecified atom stereocenters. The van der Waals surface area contributed by atoms with Gasteiger partial charge in [-0.1, -0.05) is 18.2 Å². The predicted molar refractivity (Wildman–Crippen MR) is 92.6 cm³/mol. The minimum atomic E-state index is -1.03. The molecule has 0 radical (unpaired) electrons. The molecule has 0 aliphatic carbocycles. The molecule has 0 saturated carbocycles. The van der Waals surface area contributed by atoms with E-state index in [2.05, 4.69) is 42.4 Å². The SMILES string of the molecule is O=C(O)COc1c(Br)cc(C=NNc2ccccc2)cc1Br. The van der Waals surface area contributed by atoms with Gasteiger partial charge in [-0.25, -0.2) is 4.79 Å². The summed E-state index contributed by atoms with van der Waals surface area (Å²) in [6.45, 7) is -0.403. The number of hydrazone groups is 1. The highest BCUT2D eigenvalue weighted by molar-refractivity contribution is 9.11. The number of hydrogen-bond donors (Lipinski definition) is 2. The maximum atomic E-state index is 10.6.